The highest BCUT2D eigenvalue weighted by Crippen LogP contribution is 2.15. The van der Waals surface area contributed by atoms with Crippen LogP contribution in [0.25, 0.3) is 0 Å². The fourth-order valence-corrected chi connectivity index (χ4v) is 8.92. The summed E-state index contributed by atoms with van der Waals surface area (Å²) in [7, 11) is 0. The highest BCUT2D eigenvalue weighted by atomic mass is 16.6. The van der Waals surface area contributed by atoms with Gasteiger partial charge in [-0.05, 0) is 148 Å². The van der Waals surface area contributed by atoms with Crippen molar-refractivity contribution in [3.63, 3.8) is 0 Å². The molecule has 0 heterocycles. The van der Waals surface area contributed by atoms with Gasteiger partial charge in [-0.3, -0.25) is 14.4 Å². The van der Waals surface area contributed by atoms with Gasteiger partial charge in [-0.25, -0.2) is 0 Å². The average molecular weight is 1150 g/mol. The number of hydrogen-bond donors (Lipinski definition) is 0. The third-order valence-corrected chi connectivity index (χ3v) is 14.0. The van der Waals surface area contributed by atoms with E-state index in [2.05, 4.69) is 179 Å². The maximum Gasteiger partial charge on any atom is 0.306 e. The summed E-state index contributed by atoms with van der Waals surface area (Å²) >= 11 is 0. The quantitative estimate of drug-likeness (QED) is 0.0261. The van der Waals surface area contributed by atoms with Gasteiger partial charge in [0.1, 0.15) is 13.2 Å². The number of unbranched alkanes of at least 4 members (excludes halogenated alkanes) is 23. The molecule has 0 N–H and O–H groups in total. The van der Waals surface area contributed by atoms with Crippen molar-refractivity contribution in [2.75, 3.05) is 13.2 Å². The monoisotopic (exact) mass is 1140 g/mol. The Bertz CT molecular complexity index is 1840. The van der Waals surface area contributed by atoms with Crippen molar-refractivity contribution >= 4 is 17.9 Å². The molecule has 0 rings (SSSR count). The zero-order valence-corrected chi connectivity index (χ0v) is 53.7. The van der Waals surface area contributed by atoms with Crippen LogP contribution < -0.4 is 0 Å². The lowest BCUT2D eigenvalue weighted by Crippen LogP contribution is -2.30. The number of esters is 3. The van der Waals surface area contributed by atoms with Gasteiger partial charge in [0.05, 0.1) is 0 Å². The molecule has 1 unspecified atom stereocenters. The van der Waals surface area contributed by atoms with E-state index in [1.807, 2.05) is 0 Å². The molecular formula is C77H124O6. The Balaban J connectivity index is 4.49. The summed E-state index contributed by atoms with van der Waals surface area (Å²) in [6, 6.07) is 0. The molecule has 6 heteroatoms. The van der Waals surface area contributed by atoms with Crippen LogP contribution in [0.2, 0.25) is 0 Å². The highest BCUT2D eigenvalue weighted by Gasteiger charge is 2.19. The van der Waals surface area contributed by atoms with Gasteiger partial charge in [-0.1, -0.05) is 281 Å². The van der Waals surface area contributed by atoms with Crippen LogP contribution in [-0.4, -0.2) is 37.2 Å². The molecule has 0 aromatic heterocycles. The number of allylic oxidation sites excluding steroid dienone is 26. The molecule has 1 atom stereocenters. The zero-order chi connectivity index (χ0) is 59.9. The molecule has 0 aromatic rings. The number of hydrogen-bond acceptors (Lipinski definition) is 6. The van der Waals surface area contributed by atoms with Gasteiger partial charge in [0.2, 0.25) is 0 Å². The summed E-state index contributed by atoms with van der Waals surface area (Å²) in [6.07, 6.45) is 101. The summed E-state index contributed by atoms with van der Waals surface area (Å²) in [5.41, 5.74) is 0. The second-order valence-electron chi connectivity index (χ2n) is 22.0. The van der Waals surface area contributed by atoms with Crippen LogP contribution in [0.5, 0.6) is 0 Å². The van der Waals surface area contributed by atoms with Crippen LogP contribution >= 0.6 is 0 Å². The number of ether oxygens (including phenoxy) is 3. The van der Waals surface area contributed by atoms with Crippen molar-refractivity contribution in [1.82, 2.24) is 0 Å². The van der Waals surface area contributed by atoms with Crippen LogP contribution in [0.4, 0.5) is 0 Å². The zero-order valence-electron chi connectivity index (χ0n) is 53.7. The summed E-state index contributed by atoms with van der Waals surface area (Å²) in [4.78, 5) is 38.4. The predicted octanol–water partition coefficient (Wildman–Crippen LogP) is 23.7. The third-order valence-electron chi connectivity index (χ3n) is 14.0. The van der Waals surface area contributed by atoms with E-state index in [0.717, 1.165) is 135 Å². The van der Waals surface area contributed by atoms with Crippen molar-refractivity contribution in [3.8, 4) is 0 Å². The molecule has 0 spiro atoms. The number of carbonyl (C=O) groups excluding carboxylic acids is 3. The lowest BCUT2D eigenvalue weighted by molar-refractivity contribution is -0.167. The van der Waals surface area contributed by atoms with Crippen molar-refractivity contribution in [1.29, 1.82) is 0 Å². The third kappa shape index (κ3) is 67.7. The maximum atomic E-state index is 12.9. The Kier molecular flexibility index (Phi) is 65.4. The second kappa shape index (κ2) is 69.5. The minimum Gasteiger partial charge on any atom is -0.462 e. The Morgan fingerprint density at radius 2 is 0.482 bits per heavy atom. The van der Waals surface area contributed by atoms with Gasteiger partial charge in [-0.2, -0.15) is 0 Å². The molecule has 0 aliphatic heterocycles. The van der Waals surface area contributed by atoms with E-state index in [4.69, 9.17) is 14.2 Å². The van der Waals surface area contributed by atoms with Crippen LogP contribution in [-0.2, 0) is 28.6 Å². The number of carbonyl (C=O) groups is 3. The van der Waals surface area contributed by atoms with E-state index >= 15 is 0 Å². The van der Waals surface area contributed by atoms with Crippen LogP contribution in [0.1, 0.15) is 290 Å². The Hall–Kier alpha value is -4.97. The topological polar surface area (TPSA) is 78.9 Å². The van der Waals surface area contributed by atoms with E-state index in [1.165, 1.54) is 109 Å². The summed E-state index contributed by atoms with van der Waals surface area (Å²) < 4.78 is 16.9. The highest BCUT2D eigenvalue weighted by molar-refractivity contribution is 5.71. The van der Waals surface area contributed by atoms with Gasteiger partial charge >= 0.3 is 17.9 Å². The van der Waals surface area contributed by atoms with Crippen LogP contribution in [0, 0.1) is 0 Å². The molecule has 468 valence electrons. The normalized spacial score (nSPS) is 13.1. The molecule has 6 nitrogen and oxygen atoms in total. The molecule has 0 aliphatic rings. The molecule has 0 aromatic carbocycles. The van der Waals surface area contributed by atoms with Crippen molar-refractivity contribution < 1.29 is 28.6 Å². The molecule has 0 fully saturated rings. The van der Waals surface area contributed by atoms with Crippen LogP contribution in [0.3, 0.4) is 0 Å². The van der Waals surface area contributed by atoms with Gasteiger partial charge in [0, 0.05) is 19.3 Å². The van der Waals surface area contributed by atoms with E-state index in [9.17, 15) is 14.4 Å². The van der Waals surface area contributed by atoms with E-state index < -0.39 is 6.10 Å². The number of rotatable bonds is 60. The minimum atomic E-state index is -0.819. The Labute approximate surface area is 511 Å². The Morgan fingerprint density at radius 1 is 0.253 bits per heavy atom. The fraction of sp³-hybridized carbons (Fsp3) is 0.623. The van der Waals surface area contributed by atoms with Crippen LogP contribution in [0.15, 0.2) is 158 Å². The van der Waals surface area contributed by atoms with Crippen molar-refractivity contribution in [2.45, 2.75) is 297 Å². The standard InChI is InChI=1S/C77H124O6/c1-4-7-10-13-16-19-22-25-28-30-32-34-35-36-37-38-39-40-41-43-44-46-49-52-55-58-61-64-67-70-76(79)82-73-74(72-81-75(78)69-66-63-60-57-54-51-48-27-24-21-18-15-12-9-6-3)83-77(80)71-68-65-62-59-56-53-50-47-45-42-33-31-29-26-23-20-17-14-11-8-5-2/h7,10,16,18-19,21,23,25-28,31-34,36-37,39-40,43-44,48-49,52,58,61,74H,4-6,8-9,11-15,17,20,22,24,29-30,35,38,41-42,45-47,50-51,53-57,59-60,62-73H2,1-3H3/b10-7-,19-16-,21-18-,26-23-,28-25-,33-31-,34-32-,37-36-,40-39-,44-43-,48-27-,52-49-,61-58-. The second-order valence-corrected chi connectivity index (χ2v) is 22.0. The fourth-order valence-electron chi connectivity index (χ4n) is 8.92. The largest absolute Gasteiger partial charge is 0.462 e. The Morgan fingerprint density at radius 3 is 0.807 bits per heavy atom. The molecule has 0 saturated carbocycles. The molecular weight excluding hydrogens is 1020 g/mol. The van der Waals surface area contributed by atoms with E-state index in [-0.39, 0.29) is 37.5 Å². The molecule has 0 saturated heterocycles. The van der Waals surface area contributed by atoms with E-state index in [1.54, 1.807) is 0 Å². The molecule has 0 bridgehead atoms. The average Bonchev–Trinajstić information content (AvgIpc) is 3.49. The SMILES string of the molecule is CC/C=C\C/C=C\C/C=C\C/C=C\C/C=C\C/C=C\C/C=C\C/C=C\C/C=C\CCCC(=O)OCC(COC(=O)CCCCCCC/C=C\C/C=C\CCCCC)OC(=O)CCCCCCCCCCC/C=C\C/C=C\CCCCCCC. The van der Waals surface area contributed by atoms with Gasteiger partial charge in [0.25, 0.3) is 0 Å². The lowest BCUT2D eigenvalue weighted by atomic mass is 10.1. The molecule has 0 amide bonds. The van der Waals surface area contributed by atoms with E-state index in [0.29, 0.717) is 19.3 Å². The molecule has 83 heavy (non-hydrogen) atoms. The minimum absolute atomic E-state index is 0.111. The molecule has 0 aliphatic carbocycles. The summed E-state index contributed by atoms with van der Waals surface area (Å²) in [6.45, 7) is 6.43. The van der Waals surface area contributed by atoms with Crippen molar-refractivity contribution in [3.05, 3.63) is 158 Å². The first-order valence-electron chi connectivity index (χ1n) is 34.0. The van der Waals surface area contributed by atoms with Gasteiger partial charge in [-0.15, -0.1) is 0 Å². The van der Waals surface area contributed by atoms with Crippen molar-refractivity contribution in [2.24, 2.45) is 0 Å². The van der Waals surface area contributed by atoms with Gasteiger partial charge < -0.3 is 14.2 Å². The van der Waals surface area contributed by atoms with Gasteiger partial charge in [0.15, 0.2) is 6.10 Å². The lowest BCUT2D eigenvalue weighted by Gasteiger charge is -2.18. The first-order valence-corrected chi connectivity index (χ1v) is 34.0. The maximum absolute atomic E-state index is 12.9. The predicted molar refractivity (Wildman–Crippen MR) is 362 cm³/mol. The summed E-state index contributed by atoms with van der Waals surface area (Å²) in [5.74, 6) is -0.989. The molecule has 0 radical (unpaired) electrons. The first kappa shape index (κ1) is 78.0. The summed E-state index contributed by atoms with van der Waals surface area (Å²) in [5, 5.41) is 0. The smallest absolute Gasteiger partial charge is 0.306 e. The first-order chi connectivity index (χ1) is 41.0.